The fourth-order valence-electron chi connectivity index (χ4n) is 2.96. The second-order valence-corrected chi connectivity index (χ2v) is 8.12. The number of benzene rings is 2. The van der Waals surface area contributed by atoms with Gasteiger partial charge in [-0.3, -0.25) is 9.59 Å². The van der Waals surface area contributed by atoms with Crippen molar-refractivity contribution < 1.29 is 26.8 Å². The molecular weight excluding hydrogens is 388 g/mol. The molecule has 146 valence electrons. The van der Waals surface area contributed by atoms with E-state index >= 15 is 0 Å². The summed E-state index contributed by atoms with van der Waals surface area (Å²) in [5.74, 6) is -3.42. The maximum Gasteiger partial charge on any atom is 0.260 e. The van der Waals surface area contributed by atoms with Gasteiger partial charge in [0.25, 0.3) is 10.0 Å². The highest BCUT2D eigenvalue weighted by Gasteiger charge is 2.24. The van der Waals surface area contributed by atoms with Gasteiger partial charge in [0.1, 0.15) is 11.6 Å². The lowest BCUT2D eigenvalue weighted by molar-refractivity contribution is -0.119. The number of hydrogen-bond donors (Lipinski definition) is 1. The van der Waals surface area contributed by atoms with Gasteiger partial charge >= 0.3 is 0 Å². The molecule has 5 nitrogen and oxygen atoms in total. The molecule has 0 aliphatic heterocycles. The summed E-state index contributed by atoms with van der Waals surface area (Å²) in [5.41, 5.74) is 1.46. The lowest BCUT2D eigenvalue weighted by Crippen LogP contribution is -2.32. The van der Waals surface area contributed by atoms with E-state index < -0.39 is 46.2 Å². The zero-order valence-electron chi connectivity index (χ0n) is 14.7. The Bertz CT molecular complexity index is 1080. The largest absolute Gasteiger partial charge is 0.294 e. The van der Waals surface area contributed by atoms with E-state index in [2.05, 4.69) is 0 Å². The number of amides is 1. The Hall–Kier alpha value is -2.87. The molecule has 0 saturated heterocycles. The lowest BCUT2D eigenvalue weighted by Gasteiger charge is -2.17. The van der Waals surface area contributed by atoms with Crippen molar-refractivity contribution in [3.05, 3.63) is 75.7 Å². The summed E-state index contributed by atoms with van der Waals surface area (Å²) < 4.78 is 53.3. The fourth-order valence-corrected chi connectivity index (χ4v) is 4.15. The van der Waals surface area contributed by atoms with Crippen molar-refractivity contribution >= 4 is 27.8 Å². The second-order valence-electron chi connectivity index (χ2n) is 6.39. The van der Waals surface area contributed by atoms with Crippen LogP contribution in [0.2, 0.25) is 0 Å². The Morgan fingerprint density at radius 3 is 2.50 bits per heavy atom. The zero-order valence-corrected chi connectivity index (χ0v) is 15.6. The van der Waals surface area contributed by atoms with Crippen LogP contribution in [0.5, 0.6) is 0 Å². The van der Waals surface area contributed by atoms with Gasteiger partial charge in [0.05, 0.1) is 10.5 Å². The average molecular weight is 405 g/mol. The second kappa shape index (κ2) is 8.02. The van der Waals surface area contributed by atoms with Gasteiger partial charge in [0.2, 0.25) is 5.91 Å². The lowest BCUT2D eigenvalue weighted by atomic mass is 9.98. The van der Waals surface area contributed by atoms with Crippen molar-refractivity contribution in [2.75, 3.05) is 0 Å². The van der Waals surface area contributed by atoms with E-state index in [4.69, 9.17) is 0 Å². The Balaban J connectivity index is 1.63. The van der Waals surface area contributed by atoms with E-state index in [1.807, 2.05) is 16.9 Å². The van der Waals surface area contributed by atoms with Crippen LogP contribution in [0.4, 0.5) is 8.78 Å². The molecule has 0 unspecified atom stereocenters. The Morgan fingerprint density at radius 1 is 1.00 bits per heavy atom. The smallest absolute Gasteiger partial charge is 0.260 e. The maximum atomic E-state index is 13.6. The van der Waals surface area contributed by atoms with E-state index in [0.29, 0.717) is 12.5 Å². The van der Waals surface area contributed by atoms with Crippen LogP contribution in [-0.2, 0) is 21.2 Å². The first kappa shape index (κ1) is 19.9. The van der Waals surface area contributed by atoms with E-state index in [0.717, 1.165) is 23.3 Å². The van der Waals surface area contributed by atoms with Crippen molar-refractivity contribution in [1.82, 2.24) is 4.72 Å². The minimum absolute atomic E-state index is 0.0930. The summed E-state index contributed by atoms with van der Waals surface area (Å²) >= 11 is 0. The molecule has 0 spiro atoms. The minimum atomic E-state index is -4.02. The van der Waals surface area contributed by atoms with Gasteiger partial charge in [-0.15, -0.1) is 0 Å². The highest BCUT2D eigenvalue weighted by molar-refractivity contribution is 7.94. The summed E-state index contributed by atoms with van der Waals surface area (Å²) in [7, 11) is -4.02. The first-order valence-electron chi connectivity index (χ1n) is 8.58. The molecule has 0 fully saturated rings. The third kappa shape index (κ3) is 4.51. The molecule has 28 heavy (non-hydrogen) atoms. The first-order chi connectivity index (χ1) is 13.3. The molecule has 3 rings (SSSR count). The molecule has 0 atom stereocenters. The molecule has 0 bridgehead atoms. The molecular formula is C20H17F2NO4S. The molecule has 2 aromatic rings. The molecule has 1 N–H and O–H groups in total. The highest BCUT2D eigenvalue weighted by atomic mass is 32.2. The van der Waals surface area contributed by atoms with Crippen LogP contribution >= 0.6 is 0 Å². The van der Waals surface area contributed by atoms with E-state index in [-0.39, 0.29) is 16.9 Å². The number of aryl methyl sites for hydroxylation is 1. The van der Waals surface area contributed by atoms with E-state index in [9.17, 15) is 26.8 Å². The summed E-state index contributed by atoms with van der Waals surface area (Å²) in [5, 5.41) is 0. The van der Waals surface area contributed by atoms with Crippen LogP contribution in [0.25, 0.3) is 6.08 Å². The maximum absolute atomic E-state index is 13.6. The van der Waals surface area contributed by atoms with Gasteiger partial charge in [0, 0.05) is 18.9 Å². The van der Waals surface area contributed by atoms with Crippen LogP contribution in [0.15, 0.2) is 47.4 Å². The molecule has 0 saturated carbocycles. The van der Waals surface area contributed by atoms with Crippen LogP contribution < -0.4 is 4.72 Å². The number of hydrogen-bond acceptors (Lipinski definition) is 4. The third-order valence-corrected chi connectivity index (χ3v) is 5.93. The van der Waals surface area contributed by atoms with Crippen LogP contribution in [0.1, 0.15) is 40.7 Å². The predicted octanol–water partition coefficient (Wildman–Crippen LogP) is 3.36. The zero-order chi connectivity index (χ0) is 20.3. The van der Waals surface area contributed by atoms with E-state index in [1.54, 1.807) is 12.1 Å². The number of nitrogens with one attached hydrogen (secondary N) is 1. The number of halogens is 2. The van der Waals surface area contributed by atoms with Crippen molar-refractivity contribution in [3.8, 4) is 0 Å². The minimum Gasteiger partial charge on any atom is -0.294 e. The van der Waals surface area contributed by atoms with Crippen molar-refractivity contribution in [1.29, 1.82) is 0 Å². The monoisotopic (exact) mass is 405 g/mol. The number of allylic oxidation sites excluding steroid dienone is 1. The number of carbonyl (C=O) groups excluding carboxylic acids is 2. The third-order valence-electron chi connectivity index (χ3n) is 4.42. The topological polar surface area (TPSA) is 80.3 Å². The van der Waals surface area contributed by atoms with Gasteiger partial charge in [-0.25, -0.2) is 21.9 Å². The number of rotatable bonds is 6. The number of carbonyl (C=O) groups is 2. The summed E-state index contributed by atoms with van der Waals surface area (Å²) in [4.78, 5) is 24.1. The molecule has 1 aliphatic rings. The molecule has 1 aliphatic carbocycles. The Labute approximate surface area is 161 Å². The Kier molecular flexibility index (Phi) is 5.69. The number of fused-ring (bicyclic) bond motifs is 1. The van der Waals surface area contributed by atoms with Crippen molar-refractivity contribution in [2.24, 2.45) is 0 Å². The highest BCUT2D eigenvalue weighted by Crippen LogP contribution is 2.26. The number of sulfonamides is 1. The average Bonchev–Trinajstić information content (AvgIpc) is 2.65. The normalized spacial score (nSPS) is 13.4. The number of ketones is 1. The van der Waals surface area contributed by atoms with Crippen molar-refractivity contribution in [2.45, 2.75) is 25.7 Å². The fraction of sp³-hybridized carbons (Fsp3) is 0.200. The van der Waals surface area contributed by atoms with Gasteiger partial charge in [0.15, 0.2) is 5.78 Å². The van der Waals surface area contributed by atoms with Crippen LogP contribution in [0.3, 0.4) is 0 Å². The van der Waals surface area contributed by atoms with Crippen LogP contribution in [0, 0.1) is 11.6 Å². The summed E-state index contributed by atoms with van der Waals surface area (Å²) in [6, 6.07) is 9.87. The van der Waals surface area contributed by atoms with E-state index in [1.165, 1.54) is 6.08 Å². The summed E-state index contributed by atoms with van der Waals surface area (Å²) in [6.07, 6.45) is 1.50. The van der Waals surface area contributed by atoms with Gasteiger partial charge in [-0.2, -0.15) is 0 Å². The summed E-state index contributed by atoms with van der Waals surface area (Å²) in [6.45, 7) is 0. The quantitative estimate of drug-likeness (QED) is 0.748. The number of Topliss-reactive ketones (excluding diaryl/α,β-unsaturated/α-hetero) is 1. The molecule has 0 radical (unpaired) electrons. The van der Waals surface area contributed by atoms with Crippen molar-refractivity contribution in [3.63, 3.8) is 0 Å². The van der Waals surface area contributed by atoms with Gasteiger partial charge < -0.3 is 0 Å². The van der Waals surface area contributed by atoms with Crippen LogP contribution in [-0.4, -0.2) is 20.1 Å². The first-order valence-corrected chi connectivity index (χ1v) is 10.1. The standard InChI is InChI=1S/C20H17F2NO4S/c21-15-6-8-17(18(22)12-15)19(24)9-10-20(25)23-28(26,27)16-7-5-13-3-1-2-4-14(13)11-16/h1-4,6,8,11-12H,5,7,9-10H2,(H,23,25). The Morgan fingerprint density at radius 2 is 1.75 bits per heavy atom. The molecule has 0 aromatic heterocycles. The molecule has 0 heterocycles. The molecule has 1 amide bonds. The predicted molar refractivity (Wildman–Crippen MR) is 99.7 cm³/mol. The molecule has 2 aromatic carbocycles. The molecule has 8 heteroatoms. The SMILES string of the molecule is O=C(CCC(=O)c1ccc(F)cc1F)NS(=O)(=O)C1=Cc2ccccc2CC1. The van der Waals surface area contributed by atoms with Gasteiger partial charge in [-0.1, -0.05) is 24.3 Å². The van der Waals surface area contributed by atoms with Gasteiger partial charge in [-0.05, 0) is 42.2 Å².